The maximum absolute atomic E-state index is 5.91. The number of hydrogen-bond acceptors (Lipinski definition) is 0. The quantitative estimate of drug-likeness (QED) is 0.0259. The molecule has 0 N–H and O–H groups in total. The van der Waals surface area contributed by atoms with Crippen LogP contribution >= 0.6 is 55.8 Å². The molecule has 0 amide bonds. The number of halogens is 4. The monoisotopic (exact) mass is 652 g/mol. The van der Waals surface area contributed by atoms with Gasteiger partial charge in [-0.05, 0) is 16.9 Å². The van der Waals surface area contributed by atoms with Gasteiger partial charge in [0, 0.05) is 0 Å². The Morgan fingerprint density at radius 3 is 0.667 bits per heavy atom. The summed E-state index contributed by atoms with van der Waals surface area (Å²) in [4.78, 5) is 0. The normalized spacial score (nSPS) is 12.0. The standard InChI is InChI=1S/C28H56Cl3ISi/c29-33(30,31)28-26-24-22-20-18-16-14-12-10-8-6-4-2-1-3-5-7-9-11-13-15-17-19-21-23-25-27-32/h1-28H2. The van der Waals surface area contributed by atoms with Gasteiger partial charge in [-0.25, -0.2) is 0 Å². The zero-order valence-electron chi connectivity index (χ0n) is 21.8. The minimum absolute atomic E-state index is 0.830. The van der Waals surface area contributed by atoms with Crippen LogP contribution in [0.3, 0.4) is 0 Å². The topological polar surface area (TPSA) is 0 Å². The highest BCUT2D eigenvalue weighted by Gasteiger charge is 2.23. The van der Waals surface area contributed by atoms with E-state index in [0.29, 0.717) is 0 Å². The van der Waals surface area contributed by atoms with Crippen LogP contribution in [0.25, 0.3) is 0 Å². The second-order valence-corrected chi connectivity index (χ2v) is 20.6. The maximum atomic E-state index is 5.91. The molecule has 0 atom stereocenters. The molecular formula is C28H56Cl3ISi. The first-order valence-electron chi connectivity index (χ1n) is 14.7. The number of rotatable bonds is 28. The molecule has 0 saturated heterocycles. The average molecular weight is 654 g/mol. The Morgan fingerprint density at radius 2 is 0.485 bits per heavy atom. The van der Waals surface area contributed by atoms with Gasteiger partial charge in [0.1, 0.15) is 0 Å². The molecule has 0 aliphatic carbocycles. The third kappa shape index (κ3) is 33.8. The zero-order chi connectivity index (χ0) is 24.3. The van der Waals surface area contributed by atoms with Crippen LogP contribution < -0.4 is 0 Å². The molecule has 0 fully saturated rings. The van der Waals surface area contributed by atoms with Crippen LogP contribution in [0.15, 0.2) is 0 Å². The van der Waals surface area contributed by atoms with Crippen molar-refractivity contribution in [2.75, 3.05) is 4.43 Å². The summed E-state index contributed by atoms with van der Waals surface area (Å²) in [6.07, 6.45) is 37.1. The molecule has 0 aromatic heterocycles. The molecule has 5 heteroatoms. The van der Waals surface area contributed by atoms with Crippen LogP contribution in [0, 0.1) is 0 Å². The van der Waals surface area contributed by atoms with Crippen LogP contribution in [0.4, 0.5) is 0 Å². The number of alkyl halides is 1. The molecule has 0 aliphatic heterocycles. The van der Waals surface area contributed by atoms with E-state index in [9.17, 15) is 0 Å². The van der Waals surface area contributed by atoms with E-state index in [-0.39, 0.29) is 0 Å². The van der Waals surface area contributed by atoms with Crippen molar-refractivity contribution in [3.05, 3.63) is 0 Å². The van der Waals surface area contributed by atoms with Gasteiger partial charge in [0.25, 0.3) is 0 Å². The lowest BCUT2D eigenvalue weighted by atomic mass is 10.0. The van der Waals surface area contributed by atoms with Crippen LogP contribution in [0.5, 0.6) is 0 Å². The Hall–Kier alpha value is 1.82. The lowest BCUT2D eigenvalue weighted by Gasteiger charge is -2.07. The van der Waals surface area contributed by atoms with E-state index < -0.39 is 6.00 Å². The van der Waals surface area contributed by atoms with Gasteiger partial charge in [-0.2, -0.15) is 0 Å². The van der Waals surface area contributed by atoms with E-state index in [1.807, 2.05) is 0 Å². The van der Waals surface area contributed by atoms with Crippen molar-refractivity contribution in [3.63, 3.8) is 0 Å². The molecule has 0 aliphatic rings. The first-order valence-corrected chi connectivity index (χ1v) is 21.5. The third-order valence-corrected chi connectivity index (χ3v) is 10.2. The van der Waals surface area contributed by atoms with E-state index in [0.717, 1.165) is 12.5 Å². The SMILES string of the molecule is Cl[Si](Cl)(Cl)CCCCCCCCCCCCCCCCCCCCCCCCCCCCI. The molecule has 0 radical (unpaired) electrons. The van der Waals surface area contributed by atoms with Crippen LogP contribution in [0.2, 0.25) is 6.04 Å². The van der Waals surface area contributed by atoms with Crippen molar-refractivity contribution in [1.82, 2.24) is 0 Å². The van der Waals surface area contributed by atoms with Gasteiger partial charge in [-0.3, -0.25) is 0 Å². The summed E-state index contributed by atoms with van der Waals surface area (Å²) in [5.41, 5.74) is 0. The summed E-state index contributed by atoms with van der Waals surface area (Å²) >= 11 is 20.2. The van der Waals surface area contributed by atoms with Crippen molar-refractivity contribution >= 4 is 61.8 Å². The van der Waals surface area contributed by atoms with Crippen molar-refractivity contribution in [1.29, 1.82) is 0 Å². The molecule has 0 rings (SSSR count). The van der Waals surface area contributed by atoms with Crippen LogP contribution in [-0.2, 0) is 0 Å². The molecule has 0 unspecified atom stereocenters. The fourth-order valence-corrected chi connectivity index (χ4v) is 7.06. The largest absolute Gasteiger partial charge is 0.341 e. The molecule has 0 bridgehead atoms. The molecule has 0 aromatic rings. The van der Waals surface area contributed by atoms with E-state index in [1.54, 1.807) is 0 Å². The smallest absolute Gasteiger partial charge is 0.126 e. The van der Waals surface area contributed by atoms with Crippen molar-refractivity contribution in [2.24, 2.45) is 0 Å². The van der Waals surface area contributed by atoms with E-state index in [2.05, 4.69) is 22.6 Å². The van der Waals surface area contributed by atoms with Crippen LogP contribution in [0.1, 0.15) is 167 Å². The van der Waals surface area contributed by atoms with Gasteiger partial charge in [-0.15, -0.1) is 33.2 Å². The summed E-state index contributed by atoms with van der Waals surface area (Å²) < 4.78 is 1.34. The first kappa shape index (κ1) is 34.8. The second kappa shape index (κ2) is 28.4. The average Bonchev–Trinajstić information content (AvgIpc) is 2.78. The Balaban J connectivity index is 3.03. The molecule has 33 heavy (non-hydrogen) atoms. The fraction of sp³-hybridized carbons (Fsp3) is 1.00. The van der Waals surface area contributed by atoms with Gasteiger partial charge >= 0.3 is 6.00 Å². The van der Waals surface area contributed by atoms with Crippen molar-refractivity contribution in [2.45, 2.75) is 173 Å². The Morgan fingerprint density at radius 1 is 0.303 bits per heavy atom. The predicted molar refractivity (Wildman–Crippen MR) is 167 cm³/mol. The molecule has 0 spiro atoms. The number of unbranched alkanes of at least 4 members (excludes halogenated alkanes) is 25. The summed E-state index contributed by atoms with van der Waals surface area (Å²) in [6, 6.07) is -1.53. The predicted octanol–water partition coefficient (Wildman–Crippen LogP) is 13.2. The van der Waals surface area contributed by atoms with E-state index in [1.165, 1.54) is 165 Å². The Bertz CT molecular complexity index is 364. The summed E-state index contributed by atoms with van der Waals surface area (Å²) in [5.74, 6) is 0. The van der Waals surface area contributed by atoms with Gasteiger partial charge < -0.3 is 0 Å². The maximum Gasteiger partial charge on any atom is 0.341 e. The Labute approximate surface area is 237 Å². The third-order valence-electron chi connectivity index (χ3n) is 6.84. The molecule has 0 saturated carbocycles. The van der Waals surface area contributed by atoms with Gasteiger partial charge in [0.15, 0.2) is 0 Å². The van der Waals surface area contributed by atoms with Crippen molar-refractivity contribution in [3.8, 4) is 0 Å². The van der Waals surface area contributed by atoms with Crippen molar-refractivity contribution < 1.29 is 0 Å². The Kier molecular flexibility index (Phi) is 30.0. The highest BCUT2D eigenvalue weighted by Crippen LogP contribution is 2.27. The fourth-order valence-electron chi connectivity index (χ4n) is 4.66. The van der Waals surface area contributed by atoms with Gasteiger partial charge in [-0.1, -0.05) is 183 Å². The minimum Gasteiger partial charge on any atom is -0.126 e. The summed E-state index contributed by atoms with van der Waals surface area (Å²) in [6.45, 7) is 0. The molecule has 200 valence electrons. The molecule has 0 nitrogen and oxygen atoms in total. The van der Waals surface area contributed by atoms with E-state index in [4.69, 9.17) is 33.2 Å². The summed E-state index contributed by atoms with van der Waals surface area (Å²) in [7, 11) is 0. The molecule has 0 aromatic carbocycles. The summed E-state index contributed by atoms with van der Waals surface area (Å²) in [5, 5.41) is 0. The van der Waals surface area contributed by atoms with Crippen LogP contribution in [-0.4, -0.2) is 10.4 Å². The van der Waals surface area contributed by atoms with Gasteiger partial charge in [0.2, 0.25) is 0 Å². The molecular weight excluding hydrogens is 598 g/mol. The highest BCUT2D eigenvalue weighted by atomic mass is 127. The lowest BCUT2D eigenvalue weighted by molar-refractivity contribution is 0.516. The van der Waals surface area contributed by atoms with E-state index >= 15 is 0 Å². The minimum atomic E-state index is -2.36. The zero-order valence-corrected chi connectivity index (χ0v) is 27.2. The number of hydrogen-bond donors (Lipinski definition) is 0. The van der Waals surface area contributed by atoms with Gasteiger partial charge in [0.05, 0.1) is 0 Å². The second-order valence-electron chi connectivity index (χ2n) is 10.2. The lowest BCUT2D eigenvalue weighted by Crippen LogP contribution is -2.07. The molecule has 0 heterocycles. The highest BCUT2D eigenvalue weighted by molar-refractivity contribution is 14.1. The first-order chi connectivity index (χ1) is 16.1.